The molecule has 1 aromatic carbocycles. The second-order valence-electron chi connectivity index (χ2n) is 3.85. The van der Waals surface area contributed by atoms with Gasteiger partial charge in [0.05, 0.1) is 17.2 Å². The van der Waals surface area contributed by atoms with Gasteiger partial charge in [-0.1, -0.05) is 12.1 Å². The third kappa shape index (κ3) is 2.27. The zero-order valence-corrected chi connectivity index (χ0v) is 9.67. The molecule has 6 heteroatoms. The van der Waals surface area contributed by atoms with Gasteiger partial charge in [0, 0.05) is 13.0 Å². The van der Waals surface area contributed by atoms with Crippen molar-refractivity contribution in [3.05, 3.63) is 42.6 Å². The number of hydrogen-bond donors (Lipinski definition) is 2. The summed E-state index contributed by atoms with van der Waals surface area (Å²) >= 11 is 0. The number of anilines is 1. The molecule has 0 aliphatic carbocycles. The number of rotatable bonds is 4. The minimum atomic E-state index is 0.738. The van der Waals surface area contributed by atoms with Crippen LogP contribution in [0, 0.1) is 0 Å². The van der Waals surface area contributed by atoms with Crippen molar-refractivity contribution >= 4 is 16.9 Å². The molecule has 0 spiro atoms. The first-order valence-corrected chi connectivity index (χ1v) is 5.72. The molecule has 0 radical (unpaired) electrons. The number of hydrogen-bond acceptors (Lipinski definition) is 5. The predicted octanol–water partition coefficient (Wildman–Crippen LogP) is 1.40. The molecule has 2 aromatic heterocycles. The Hall–Kier alpha value is -2.50. The summed E-state index contributed by atoms with van der Waals surface area (Å²) in [5.74, 6) is 1.63. The number of nitrogens with one attached hydrogen (secondary N) is 2. The lowest BCUT2D eigenvalue weighted by atomic mass is 10.3. The molecule has 0 atom stereocenters. The maximum absolute atomic E-state index is 4.47. The molecule has 90 valence electrons. The van der Waals surface area contributed by atoms with E-state index in [-0.39, 0.29) is 0 Å². The van der Waals surface area contributed by atoms with E-state index in [4.69, 9.17) is 0 Å². The maximum atomic E-state index is 4.47. The van der Waals surface area contributed by atoms with Crippen LogP contribution >= 0.6 is 0 Å². The largest absolute Gasteiger partial charge is 0.368 e. The molecule has 6 nitrogen and oxygen atoms in total. The smallest absolute Gasteiger partial charge is 0.145 e. The molecule has 0 aliphatic heterocycles. The first-order valence-electron chi connectivity index (χ1n) is 5.72. The van der Waals surface area contributed by atoms with Gasteiger partial charge >= 0.3 is 0 Å². The fourth-order valence-corrected chi connectivity index (χ4v) is 1.70. The second-order valence-corrected chi connectivity index (χ2v) is 3.85. The molecule has 0 amide bonds. The van der Waals surface area contributed by atoms with E-state index in [1.807, 2.05) is 24.3 Å². The fourth-order valence-electron chi connectivity index (χ4n) is 1.70. The van der Waals surface area contributed by atoms with Crippen molar-refractivity contribution in [3.8, 4) is 0 Å². The van der Waals surface area contributed by atoms with Gasteiger partial charge in [0.25, 0.3) is 0 Å². The van der Waals surface area contributed by atoms with Crippen LogP contribution in [0.15, 0.2) is 36.8 Å². The Balaban J connectivity index is 1.67. The van der Waals surface area contributed by atoms with Crippen molar-refractivity contribution < 1.29 is 0 Å². The quantitative estimate of drug-likeness (QED) is 0.720. The highest BCUT2D eigenvalue weighted by molar-refractivity contribution is 5.75. The highest BCUT2D eigenvalue weighted by atomic mass is 15.2. The van der Waals surface area contributed by atoms with Crippen LogP contribution < -0.4 is 5.32 Å². The molecule has 0 fully saturated rings. The van der Waals surface area contributed by atoms with Crippen LogP contribution in [0.2, 0.25) is 0 Å². The summed E-state index contributed by atoms with van der Waals surface area (Å²) in [7, 11) is 0. The molecule has 0 unspecified atom stereocenters. The maximum Gasteiger partial charge on any atom is 0.145 e. The molecule has 3 rings (SSSR count). The molecular weight excluding hydrogens is 228 g/mol. The number of aromatic amines is 1. The van der Waals surface area contributed by atoms with Crippen LogP contribution in [-0.4, -0.2) is 31.7 Å². The number of benzene rings is 1. The average molecular weight is 240 g/mol. The molecule has 0 bridgehead atoms. The lowest BCUT2D eigenvalue weighted by Gasteiger charge is -2.04. The van der Waals surface area contributed by atoms with Gasteiger partial charge in [-0.05, 0) is 12.1 Å². The fraction of sp³-hybridized carbons (Fsp3) is 0.167. The molecule has 0 saturated carbocycles. The van der Waals surface area contributed by atoms with E-state index in [0.717, 1.165) is 35.6 Å². The monoisotopic (exact) mass is 240 g/mol. The van der Waals surface area contributed by atoms with E-state index in [1.54, 1.807) is 6.20 Å². The van der Waals surface area contributed by atoms with Crippen molar-refractivity contribution in [2.24, 2.45) is 0 Å². The van der Waals surface area contributed by atoms with Crippen LogP contribution in [-0.2, 0) is 6.42 Å². The Morgan fingerprint density at radius 2 is 2.00 bits per heavy atom. The van der Waals surface area contributed by atoms with Gasteiger partial charge in [-0.15, -0.1) is 0 Å². The Morgan fingerprint density at radius 3 is 2.83 bits per heavy atom. The van der Waals surface area contributed by atoms with Crippen molar-refractivity contribution in [2.75, 3.05) is 11.9 Å². The number of para-hydroxylation sites is 2. The molecule has 3 aromatic rings. The van der Waals surface area contributed by atoms with Gasteiger partial charge in [0.2, 0.25) is 0 Å². The van der Waals surface area contributed by atoms with Gasteiger partial charge in [-0.3, -0.25) is 10.1 Å². The first kappa shape index (κ1) is 10.6. The Morgan fingerprint density at radius 1 is 1.11 bits per heavy atom. The highest BCUT2D eigenvalue weighted by Gasteiger charge is 1.99. The normalized spacial score (nSPS) is 10.7. The number of fused-ring (bicyclic) bond motifs is 1. The van der Waals surface area contributed by atoms with Crippen LogP contribution in [0.3, 0.4) is 0 Å². The summed E-state index contributed by atoms with van der Waals surface area (Å²) in [6.45, 7) is 0.738. The summed E-state index contributed by atoms with van der Waals surface area (Å²) in [6.07, 6.45) is 4.02. The van der Waals surface area contributed by atoms with E-state index >= 15 is 0 Å². The Labute approximate surface area is 104 Å². The number of nitrogens with zero attached hydrogens (tertiary/aromatic N) is 4. The van der Waals surface area contributed by atoms with E-state index in [0.29, 0.717) is 0 Å². The Kier molecular flexibility index (Phi) is 2.83. The zero-order chi connectivity index (χ0) is 12.2. The summed E-state index contributed by atoms with van der Waals surface area (Å²) < 4.78 is 0. The van der Waals surface area contributed by atoms with Crippen molar-refractivity contribution in [1.29, 1.82) is 0 Å². The summed E-state index contributed by atoms with van der Waals surface area (Å²) in [5.41, 5.74) is 1.79. The Bertz CT molecular complexity index is 634. The second kappa shape index (κ2) is 4.79. The van der Waals surface area contributed by atoms with Gasteiger partial charge in [-0.25, -0.2) is 9.97 Å². The number of H-pyrrole nitrogens is 1. The van der Waals surface area contributed by atoms with Crippen LogP contribution in [0.1, 0.15) is 5.82 Å². The average Bonchev–Trinajstić information content (AvgIpc) is 2.92. The number of aromatic nitrogens is 5. The van der Waals surface area contributed by atoms with Crippen LogP contribution in [0.5, 0.6) is 0 Å². The third-order valence-electron chi connectivity index (χ3n) is 2.58. The molecule has 2 heterocycles. The molecular formula is C12H12N6. The van der Waals surface area contributed by atoms with Gasteiger partial charge in [0.15, 0.2) is 0 Å². The van der Waals surface area contributed by atoms with Crippen LogP contribution in [0.25, 0.3) is 11.0 Å². The van der Waals surface area contributed by atoms with Gasteiger partial charge < -0.3 is 5.32 Å². The van der Waals surface area contributed by atoms with Crippen LogP contribution in [0.4, 0.5) is 5.82 Å². The zero-order valence-electron chi connectivity index (χ0n) is 9.67. The third-order valence-corrected chi connectivity index (χ3v) is 2.58. The van der Waals surface area contributed by atoms with Gasteiger partial charge in [0.1, 0.15) is 18.0 Å². The minimum Gasteiger partial charge on any atom is -0.368 e. The summed E-state index contributed by atoms with van der Waals surface area (Å²) in [6, 6.07) is 7.80. The van der Waals surface area contributed by atoms with Gasteiger partial charge in [-0.2, -0.15) is 5.10 Å². The lowest BCUT2D eigenvalue weighted by Crippen LogP contribution is -2.07. The summed E-state index contributed by atoms with van der Waals surface area (Å²) in [4.78, 5) is 12.9. The molecule has 2 N–H and O–H groups in total. The van der Waals surface area contributed by atoms with Crippen molar-refractivity contribution in [3.63, 3.8) is 0 Å². The molecule has 0 aliphatic rings. The van der Waals surface area contributed by atoms with E-state index in [2.05, 4.69) is 30.5 Å². The van der Waals surface area contributed by atoms with E-state index in [9.17, 15) is 0 Å². The first-order chi connectivity index (χ1) is 8.92. The van der Waals surface area contributed by atoms with Crippen molar-refractivity contribution in [2.45, 2.75) is 6.42 Å². The predicted molar refractivity (Wildman–Crippen MR) is 68.1 cm³/mol. The van der Waals surface area contributed by atoms with E-state index < -0.39 is 0 Å². The van der Waals surface area contributed by atoms with E-state index in [1.165, 1.54) is 6.33 Å². The SMILES string of the molecule is c1ccc2nc(NCCc3ncn[nH]3)cnc2c1. The topological polar surface area (TPSA) is 79.4 Å². The summed E-state index contributed by atoms with van der Waals surface area (Å²) in [5, 5.41) is 9.83. The van der Waals surface area contributed by atoms with Crippen molar-refractivity contribution in [1.82, 2.24) is 25.1 Å². The highest BCUT2D eigenvalue weighted by Crippen LogP contribution is 2.10. The minimum absolute atomic E-state index is 0.738. The lowest BCUT2D eigenvalue weighted by molar-refractivity contribution is 0.897. The molecule has 18 heavy (non-hydrogen) atoms. The standard InChI is InChI=1S/C12H12N6/c1-2-4-10-9(3-1)14-7-12(17-10)13-6-5-11-15-8-16-18-11/h1-4,7-8H,5-6H2,(H,13,17)(H,15,16,18). The molecule has 0 saturated heterocycles.